The molecule has 0 bridgehead atoms. The molecular weight excluding hydrogens is 232 g/mol. The highest BCUT2D eigenvalue weighted by Crippen LogP contribution is 2.13. The summed E-state index contributed by atoms with van der Waals surface area (Å²) in [7, 11) is 0. The largest absolute Gasteiger partial charge is 0.376 e. The Morgan fingerprint density at radius 2 is 2.17 bits per heavy atom. The van der Waals surface area contributed by atoms with Crippen LogP contribution < -0.4 is 11.2 Å². The molecule has 0 amide bonds. The van der Waals surface area contributed by atoms with Gasteiger partial charge in [0, 0.05) is 6.61 Å². The molecule has 2 aromatic rings. The quantitative estimate of drug-likeness (QED) is 0.855. The van der Waals surface area contributed by atoms with Crippen LogP contribution in [-0.4, -0.2) is 22.3 Å². The van der Waals surface area contributed by atoms with Gasteiger partial charge in [0.05, 0.1) is 23.6 Å². The molecule has 1 N–H and O–H groups in total. The van der Waals surface area contributed by atoms with E-state index >= 15 is 0 Å². The third kappa shape index (κ3) is 1.86. The number of fused-ring (bicyclic) bond motifs is 1. The van der Waals surface area contributed by atoms with Gasteiger partial charge in [-0.3, -0.25) is 9.36 Å². The minimum absolute atomic E-state index is 0.0232. The number of benzene rings is 1. The normalized spacial score (nSPS) is 19.4. The topological polar surface area (TPSA) is 64.1 Å². The van der Waals surface area contributed by atoms with E-state index in [-0.39, 0.29) is 17.4 Å². The zero-order valence-corrected chi connectivity index (χ0v) is 9.89. The summed E-state index contributed by atoms with van der Waals surface area (Å²) in [4.78, 5) is 26.8. The molecule has 0 spiro atoms. The van der Waals surface area contributed by atoms with E-state index in [1.54, 1.807) is 24.3 Å². The number of ether oxygens (including phenoxy) is 1. The molecule has 1 aromatic heterocycles. The van der Waals surface area contributed by atoms with Gasteiger partial charge in [0.15, 0.2) is 0 Å². The Labute approximate surface area is 103 Å². The van der Waals surface area contributed by atoms with Gasteiger partial charge in [-0.15, -0.1) is 0 Å². The maximum atomic E-state index is 12.2. The number of hydrogen-bond donors (Lipinski definition) is 1. The Morgan fingerprint density at radius 1 is 1.33 bits per heavy atom. The van der Waals surface area contributed by atoms with Crippen molar-refractivity contribution >= 4 is 10.9 Å². The Morgan fingerprint density at radius 3 is 2.94 bits per heavy atom. The van der Waals surface area contributed by atoms with Crippen LogP contribution >= 0.6 is 0 Å². The van der Waals surface area contributed by atoms with Gasteiger partial charge in [0.25, 0.3) is 5.56 Å². The first-order valence-electron chi connectivity index (χ1n) is 6.09. The summed E-state index contributed by atoms with van der Waals surface area (Å²) in [5.74, 6) is 0. The van der Waals surface area contributed by atoms with Gasteiger partial charge in [-0.25, -0.2) is 4.79 Å². The second-order valence-electron chi connectivity index (χ2n) is 4.53. The zero-order chi connectivity index (χ0) is 12.5. The fraction of sp³-hybridized carbons (Fsp3) is 0.385. The summed E-state index contributed by atoms with van der Waals surface area (Å²) in [5.41, 5.74) is -0.0323. The van der Waals surface area contributed by atoms with E-state index in [2.05, 4.69) is 4.98 Å². The first kappa shape index (κ1) is 11.2. The van der Waals surface area contributed by atoms with E-state index < -0.39 is 0 Å². The van der Waals surface area contributed by atoms with E-state index in [0.29, 0.717) is 24.1 Å². The molecule has 0 unspecified atom stereocenters. The highest BCUT2D eigenvalue weighted by Gasteiger charge is 2.18. The van der Waals surface area contributed by atoms with E-state index in [1.165, 1.54) is 4.57 Å². The molecule has 0 saturated carbocycles. The second-order valence-corrected chi connectivity index (χ2v) is 4.53. The molecule has 5 heteroatoms. The van der Waals surface area contributed by atoms with Crippen LogP contribution in [-0.2, 0) is 11.3 Å². The van der Waals surface area contributed by atoms with Crippen LogP contribution in [0.15, 0.2) is 33.9 Å². The lowest BCUT2D eigenvalue weighted by Crippen LogP contribution is -2.38. The molecule has 3 rings (SSSR count). The van der Waals surface area contributed by atoms with Gasteiger partial charge in [-0.05, 0) is 25.0 Å². The zero-order valence-electron chi connectivity index (χ0n) is 9.89. The molecule has 0 radical (unpaired) electrons. The summed E-state index contributed by atoms with van der Waals surface area (Å²) in [6, 6.07) is 7.04. The van der Waals surface area contributed by atoms with E-state index in [4.69, 9.17) is 4.74 Å². The van der Waals surface area contributed by atoms with E-state index in [0.717, 1.165) is 12.8 Å². The number of aromatic amines is 1. The summed E-state index contributed by atoms with van der Waals surface area (Å²) in [5, 5.41) is 0.537. The van der Waals surface area contributed by atoms with Crippen molar-refractivity contribution in [1.29, 1.82) is 0 Å². The lowest BCUT2D eigenvalue weighted by Gasteiger charge is -2.11. The van der Waals surface area contributed by atoms with Crippen molar-refractivity contribution in [1.82, 2.24) is 9.55 Å². The predicted octanol–water partition coefficient (Wildman–Crippen LogP) is 0.869. The van der Waals surface area contributed by atoms with Crippen molar-refractivity contribution in [3.05, 3.63) is 45.1 Å². The molecule has 2 heterocycles. The van der Waals surface area contributed by atoms with Crippen molar-refractivity contribution in [2.24, 2.45) is 0 Å². The molecule has 1 aromatic carbocycles. The maximum absolute atomic E-state index is 12.2. The van der Waals surface area contributed by atoms with Crippen LogP contribution in [0.25, 0.3) is 10.9 Å². The Hall–Kier alpha value is -1.88. The fourth-order valence-electron chi connectivity index (χ4n) is 2.36. The first-order chi connectivity index (χ1) is 8.75. The third-order valence-electron chi connectivity index (χ3n) is 3.30. The molecule has 1 fully saturated rings. The number of hydrogen-bond acceptors (Lipinski definition) is 3. The Bertz CT molecular complexity index is 680. The molecule has 1 saturated heterocycles. The van der Waals surface area contributed by atoms with Crippen LogP contribution in [0, 0.1) is 0 Å². The van der Waals surface area contributed by atoms with Crippen molar-refractivity contribution in [2.45, 2.75) is 25.5 Å². The number of para-hydroxylation sites is 1. The van der Waals surface area contributed by atoms with Crippen molar-refractivity contribution in [2.75, 3.05) is 6.61 Å². The Balaban J connectivity index is 2.11. The van der Waals surface area contributed by atoms with Gasteiger partial charge in [-0.2, -0.15) is 0 Å². The van der Waals surface area contributed by atoms with Crippen LogP contribution in [0.5, 0.6) is 0 Å². The van der Waals surface area contributed by atoms with Gasteiger partial charge in [0.2, 0.25) is 0 Å². The standard InChI is InChI=1S/C13H14N2O3/c16-12-10-5-1-2-6-11(10)14-13(17)15(12)8-9-4-3-7-18-9/h1-2,5-6,9H,3-4,7-8H2,(H,14,17)/t9-/m1/s1. The van der Waals surface area contributed by atoms with Crippen LogP contribution in [0.1, 0.15) is 12.8 Å². The van der Waals surface area contributed by atoms with Gasteiger partial charge in [0.1, 0.15) is 0 Å². The molecule has 94 valence electrons. The molecular formula is C13H14N2O3. The maximum Gasteiger partial charge on any atom is 0.328 e. The highest BCUT2D eigenvalue weighted by atomic mass is 16.5. The van der Waals surface area contributed by atoms with Crippen LogP contribution in [0.2, 0.25) is 0 Å². The van der Waals surface area contributed by atoms with E-state index in [1.807, 2.05) is 0 Å². The summed E-state index contributed by atoms with van der Waals surface area (Å²) >= 11 is 0. The first-order valence-corrected chi connectivity index (χ1v) is 6.09. The summed E-state index contributed by atoms with van der Waals surface area (Å²) in [6.45, 7) is 1.05. The van der Waals surface area contributed by atoms with Gasteiger partial charge in [-0.1, -0.05) is 12.1 Å². The number of nitrogens with zero attached hydrogens (tertiary/aromatic N) is 1. The van der Waals surface area contributed by atoms with Crippen molar-refractivity contribution < 1.29 is 4.74 Å². The monoisotopic (exact) mass is 246 g/mol. The average Bonchev–Trinajstić information content (AvgIpc) is 2.87. The third-order valence-corrected chi connectivity index (χ3v) is 3.30. The van der Waals surface area contributed by atoms with Crippen molar-refractivity contribution in [3.8, 4) is 0 Å². The minimum atomic E-state index is -0.366. The van der Waals surface area contributed by atoms with Crippen LogP contribution in [0.4, 0.5) is 0 Å². The SMILES string of the molecule is O=c1[nH]c2ccccc2c(=O)n1C[C@H]1CCCO1. The molecule has 1 aliphatic heterocycles. The second kappa shape index (κ2) is 4.42. The minimum Gasteiger partial charge on any atom is -0.376 e. The van der Waals surface area contributed by atoms with E-state index in [9.17, 15) is 9.59 Å². The Kier molecular flexibility index (Phi) is 2.76. The highest BCUT2D eigenvalue weighted by molar-refractivity contribution is 5.76. The van der Waals surface area contributed by atoms with Gasteiger partial charge < -0.3 is 9.72 Å². The lowest BCUT2D eigenvalue weighted by molar-refractivity contribution is 0.0952. The average molecular weight is 246 g/mol. The van der Waals surface area contributed by atoms with Crippen molar-refractivity contribution in [3.63, 3.8) is 0 Å². The fourth-order valence-corrected chi connectivity index (χ4v) is 2.36. The number of rotatable bonds is 2. The molecule has 1 aliphatic rings. The smallest absolute Gasteiger partial charge is 0.328 e. The molecule has 0 aliphatic carbocycles. The number of H-pyrrole nitrogens is 1. The molecule has 1 atom stereocenters. The number of aromatic nitrogens is 2. The predicted molar refractivity (Wildman–Crippen MR) is 67.8 cm³/mol. The van der Waals surface area contributed by atoms with Crippen LogP contribution in [0.3, 0.4) is 0 Å². The molecule has 5 nitrogen and oxygen atoms in total. The number of nitrogens with one attached hydrogen (secondary N) is 1. The summed E-state index contributed by atoms with van der Waals surface area (Å²) in [6.07, 6.45) is 1.87. The van der Waals surface area contributed by atoms with Gasteiger partial charge >= 0.3 is 5.69 Å². The molecule has 18 heavy (non-hydrogen) atoms. The summed E-state index contributed by atoms with van der Waals surface area (Å²) < 4.78 is 6.70. The lowest BCUT2D eigenvalue weighted by atomic mass is 10.2.